The van der Waals surface area contributed by atoms with Crippen LogP contribution in [0.25, 0.3) is 0 Å². The Morgan fingerprint density at radius 2 is 1.12 bits per heavy atom. The van der Waals surface area contributed by atoms with Crippen molar-refractivity contribution < 1.29 is 18.6 Å². The summed E-state index contributed by atoms with van der Waals surface area (Å²) in [6, 6.07) is 0. The fourth-order valence-corrected chi connectivity index (χ4v) is 4.38. The maximum atomic E-state index is 8.12. The molecule has 0 aliphatic rings. The van der Waals surface area contributed by atoms with Gasteiger partial charge >= 0.3 is 6.15 Å². The topological polar surface area (TPSA) is 52.6 Å². The Morgan fingerprint density at radius 1 is 0.938 bits per heavy atom. The lowest BCUT2D eigenvalue weighted by Gasteiger charge is -2.32. The predicted molar refractivity (Wildman–Crippen MR) is 66.9 cm³/mol. The fraction of sp³-hybridized carbons (Fsp3) is 0.900. The lowest BCUT2D eigenvalue weighted by molar-refractivity contribution is -0.191. The van der Waals surface area contributed by atoms with Crippen LogP contribution in [0.2, 0.25) is 0 Å². The first kappa shape index (κ1) is 18.3. The van der Waals surface area contributed by atoms with E-state index in [-0.39, 0.29) is 17.4 Å². The highest BCUT2D eigenvalue weighted by Crippen LogP contribution is 2.51. The van der Waals surface area contributed by atoms with Gasteiger partial charge in [0, 0.05) is 6.66 Å². The molecule has 0 fully saturated rings. The van der Waals surface area contributed by atoms with Crippen molar-refractivity contribution >= 4 is 24.5 Å². The van der Waals surface area contributed by atoms with Crippen molar-refractivity contribution in [1.82, 2.24) is 0 Å². The van der Waals surface area contributed by atoms with Gasteiger partial charge in [0.05, 0.1) is 11.2 Å². The zero-order valence-electron chi connectivity index (χ0n) is 11.0. The van der Waals surface area contributed by atoms with E-state index in [4.69, 9.17) is 30.4 Å². The molecule has 0 N–H and O–H groups in total. The standard InChI is InChI=1S/C9H21O2PS.CO2/c1-8(2,3)10-12(7,13)11-9(4,5)6;2-1-3/h1-7H3;. The minimum atomic E-state index is -2.10. The molecule has 0 spiro atoms. The van der Waals surface area contributed by atoms with Gasteiger partial charge in [-0.1, -0.05) is 0 Å². The molecule has 6 heteroatoms. The Bertz CT molecular complexity index is 262. The van der Waals surface area contributed by atoms with E-state index in [1.807, 2.05) is 48.2 Å². The first-order valence-corrected chi connectivity index (χ1v) is 7.90. The molecule has 0 aliphatic carbocycles. The van der Waals surface area contributed by atoms with Gasteiger partial charge in [-0.3, -0.25) is 0 Å². The van der Waals surface area contributed by atoms with Crippen LogP contribution in [0, 0.1) is 0 Å². The van der Waals surface area contributed by atoms with Crippen LogP contribution in [0.15, 0.2) is 0 Å². The second-order valence-electron chi connectivity index (χ2n) is 5.26. The van der Waals surface area contributed by atoms with Crippen molar-refractivity contribution in [2.45, 2.75) is 52.7 Å². The van der Waals surface area contributed by atoms with Crippen molar-refractivity contribution in [3.8, 4) is 0 Å². The van der Waals surface area contributed by atoms with Crippen LogP contribution in [-0.2, 0) is 30.4 Å². The monoisotopic (exact) mass is 268 g/mol. The number of hydrogen-bond acceptors (Lipinski definition) is 5. The molecule has 0 atom stereocenters. The summed E-state index contributed by atoms with van der Waals surface area (Å²) in [6.07, 6.45) is 0.250. The van der Waals surface area contributed by atoms with Crippen LogP contribution >= 0.6 is 6.49 Å². The third-order valence-electron chi connectivity index (χ3n) is 0.879. The van der Waals surface area contributed by atoms with Gasteiger partial charge in [0.15, 0.2) is 6.49 Å². The summed E-state index contributed by atoms with van der Waals surface area (Å²) in [4.78, 5) is 16.2. The lowest BCUT2D eigenvalue weighted by atomic mass is 10.2. The van der Waals surface area contributed by atoms with Crippen molar-refractivity contribution in [2.24, 2.45) is 0 Å². The second kappa shape index (κ2) is 6.63. The molecular weight excluding hydrogens is 247 g/mol. The highest BCUT2D eigenvalue weighted by molar-refractivity contribution is 8.09. The molecule has 0 radical (unpaired) electrons. The van der Waals surface area contributed by atoms with E-state index in [1.54, 1.807) is 0 Å². The van der Waals surface area contributed by atoms with E-state index in [9.17, 15) is 0 Å². The number of hydrogen-bond donors (Lipinski definition) is 0. The van der Waals surface area contributed by atoms with E-state index in [2.05, 4.69) is 0 Å². The van der Waals surface area contributed by atoms with Crippen molar-refractivity contribution in [3.05, 3.63) is 0 Å². The van der Waals surface area contributed by atoms with Gasteiger partial charge in [0.25, 0.3) is 0 Å². The quantitative estimate of drug-likeness (QED) is 0.721. The van der Waals surface area contributed by atoms with Crippen LogP contribution < -0.4 is 0 Å². The molecule has 16 heavy (non-hydrogen) atoms. The molecule has 0 bridgehead atoms. The second-order valence-corrected chi connectivity index (χ2v) is 9.16. The Kier molecular flexibility index (Phi) is 7.59. The van der Waals surface area contributed by atoms with Gasteiger partial charge in [-0.15, -0.1) is 0 Å². The maximum Gasteiger partial charge on any atom is 0.373 e. The minimum absolute atomic E-state index is 0.227. The van der Waals surface area contributed by atoms with Crippen molar-refractivity contribution in [1.29, 1.82) is 0 Å². The molecule has 0 saturated heterocycles. The molecule has 0 rings (SSSR count). The normalized spacial score (nSPS) is 12.4. The average molecular weight is 268 g/mol. The summed E-state index contributed by atoms with van der Waals surface area (Å²) in [5.41, 5.74) is -0.453. The molecule has 0 unspecified atom stereocenters. The Morgan fingerprint density at radius 3 is 1.25 bits per heavy atom. The summed E-state index contributed by atoms with van der Waals surface area (Å²) in [7, 11) is 0. The molecular formula is C10H21O4PS. The lowest BCUT2D eigenvalue weighted by Crippen LogP contribution is -2.23. The zero-order valence-corrected chi connectivity index (χ0v) is 12.7. The Balaban J connectivity index is 0. The largest absolute Gasteiger partial charge is 0.373 e. The van der Waals surface area contributed by atoms with Crippen LogP contribution in [0.3, 0.4) is 0 Å². The highest BCUT2D eigenvalue weighted by atomic mass is 32.5. The summed E-state index contributed by atoms with van der Waals surface area (Å²) >= 11 is 5.31. The third kappa shape index (κ3) is 16.4. The molecule has 0 amide bonds. The predicted octanol–water partition coefficient (Wildman–Crippen LogP) is 2.97. The van der Waals surface area contributed by atoms with Gasteiger partial charge in [-0.05, 0) is 53.3 Å². The van der Waals surface area contributed by atoms with E-state index < -0.39 is 6.49 Å². The van der Waals surface area contributed by atoms with Crippen LogP contribution in [-0.4, -0.2) is 24.0 Å². The van der Waals surface area contributed by atoms with E-state index in [0.29, 0.717) is 0 Å². The average Bonchev–Trinajstić information content (AvgIpc) is 1.73. The number of rotatable bonds is 2. The fourth-order valence-electron chi connectivity index (χ4n) is 1.01. The third-order valence-corrected chi connectivity index (χ3v) is 3.09. The van der Waals surface area contributed by atoms with Gasteiger partial charge in [-0.25, -0.2) is 0 Å². The molecule has 0 saturated carbocycles. The van der Waals surface area contributed by atoms with Crippen molar-refractivity contribution in [2.75, 3.05) is 6.66 Å². The van der Waals surface area contributed by atoms with E-state index >= 15 is 0 Å². The van der Waals surface area contributed by atoms with Crippen LogP contribution in [0.5, 0.6) is 0 Å². The summed E-state index contributed by atoms with van der Waals surface area (Å²) in [6.45, 7) is 11.7. The molecule has 0 heterocycles. The highest BCUT2D eigenvalue weighted by Gasteiger charge is 2.26. The van der Waals surface area contributed by atoms with Crippen molar-refractivity contribution in [3.63, 3.8) is 0 Å². The SMILES string of the molecule is CC(C)(C)OP(C)(=S)OC(C)(C)C.O=C=O. The van der Waals surface area contributed by atoms with Gasteiger partial charge in [0.2, 0.25) is 0 Å². The summed E-state index contributed by atoms with van der Waals surface area (Å²) < 4.78 is 11.4. The molecule has 0 aromatic carbocycles. The maximum absolute atomic E-state index is 8.12. The van der Waals surface area contributed by atoms with Gasteiger partial charge in [0.1, 0.15) is 0 Å². The summed E-state index contributed by atoms with van der Waals surface area (Å²) in [5.74, 6) is 0. The van der Waals surface area contributed by atoms with E-state index in [0.717, 1.165) is 0 Å². The molecule has 0 aliphatic heterocycles. The first-order valence-electron chi connectivity index (χ1n) is 4.81. The molecule has 0 aromatic heterocycles. The minimum Gasteiger partial charge on any atom is -0.324 e. The van der Waals surface area contributed by atoms with Crippen LogP contribution in [0.4, 0.5) is 0 Å². The van der Waals surface area contributed by atoms with E-state index in [1.165, 1.54) is 0 Å². The number of carbonyl (C=O) groups excluding carboxylic acids is 2. The first-order chi connectivity index (χ1) is 6.83. The Hall–Kier alpha value is -0.0500. The molecule has 4 nitrogen and oxygen atoms in total. The Labute approximate surface area is 103 Å². The van der Waals surface area contributed by atoms with Gasteiger partial charge < -0.3 is 9.05 Å². The smallest absolute Gasteiger partial charge is 0.324 e. The van der Waals surface area contributed by atoms with Gasteiger partial charge in [-0.2, -0.15) is 9.59 Å². The zero-order chi connectivity index (χ0) is 13.6. The molecule has 96 valence electrons. The summed E-state index contributed by atoms with van der Waals surface area (Å²) in [5, 5.41) is 0. The van der Waals surface area contributed by atoms with Crippen LogP contribution in [0.1, 0.15) is 41.5 Å². The molecule has 0 aromatic rings.